The van der Waals surface area contributed by atoms with E-state index in [0.717, 1.165) is 31.4 Å². The molecule has 2 rings (SSSR count). The molecule has 0 spiro atoms. The fourth-order valence-corrected chi connectivity index (χ4v) is 2.15. The van der Waals surface area contributed by atoms with Gasteiger partial charge in [-0.3, -0.25) is 14.9 Å². The Hall–Kier alpha value is -3.82. The molecule has 0 heterocycles. The molecule has 0 bridgehead atoms. The van der Waals surface area contributed by atoms with Crippen LogP contribution in [0.4, 0.5) is 15.8 Å². The third kappa shape index (κ3) is 4.87. The summed E-state index contributed by atoms with van der Waals surface area (Å²) in [6.07, 6.45) is -1.34. The van der Waals surface area contributed by atoms with E-state index >= 15 is 0 Å². The van der Waals surface area contributed by atoms with Crippen LogP contribution in [-0.4, -0.2) is 36.0 Å². The van der Waals surface area contributed by atoms with E-state index in [1.54, 1.807) is 0 Å². The summed E-state index contributed by atoms with van der Waals surface area (Å²) in [6.45, 7) is 1.24. The maximum absolute atomic E-state index is 13.6. The van der Waals surface area contributed by atoms with Crippen molar-refractivity contribution in [3.63, 3.8) is 0 Å². The van der Waals surface area contributed by atoms with E-state index in [1.807, 2.05) is 0 Å². The Kier molecular flexibility index (Phi) is 6.38. The standard InChI is InChI=1S/C18H15FN2O7/c1-10(16(22)20-15-6-4-3-5-14(15)19)28-18(24)12-7-11(17(23)27-2)8-13(9-12)21(25)26/h3-10H,1-2H3,(H,20,22)/t10-/m0/s1. The van der Waals surface area contributed by atoms with E-state index in [1.165, 1.54) is 25.1 Å². The number of non-ortho nitro benzene ring substituents is 1. The number of nitro benzene ring substituents is 1. The van der Waals surface area contributed by atoms with Gasteiger partial charge >= 0.3 is 11.9 Å². The van der Waals surface area contributed by atoms with Crippen molar-refractivity contribution in [2.75, 3.05) is 12.4 Å². The van der Waals surface area contributed by atoms with Crippen molar-refractivity contribution in [1.29, 1.82) is 0 Å². The first-order valence-corrected chi connectivity index (χ1v) is 7.87. The number of methoxy groups -OCH3 is 1. The molecule has 0 fully saturated rings. The maximum Gasteiger partial charge on any atom is 0.339 e. The Bertz CT molecular complexity index is 945. The van der Waals surface area contributed by atoms with Crippen molar-refractivity contribution in [3.05, 3.63) is 69.5 Å². The molecule has 2 aromatic carbocycles. The highest BCUT2D eigenvalue weighted by molar-refractivity contribution is 5.99. The van der Waals surface area contributed by atoms with Crippen LogP contribution < -0.4 is 5.32 Å². The zero-order valence-electron chi connectivity index (χ0n) is 14.8. The van der Waals surface area contributed by atoms with Crippen LogP contribution >= 0.6 is 0 Å². The molecular weight excluding hydrogens is 375 g/mol. The van der Waals surface area contributed by atoms with Crippen molar-refractivity contribution in [2.24, 2.45) is 0 Å². The predicted octanol–water partition coefficient (Wildman–Crippen LogP) is 2.70. The van der Waals surface area contributed by atoms with Crippen LogP contribution in [0.15, 0.2) is 42.5 Å². The van der Waals surface area contributed by atoms with Gasteiger partial charge in [0, 0.05) is 12.1 Å². The number of nitrogens with zero attached hydrogens (tertiary/aromatic N) is 1. The lowest BCUT2D eigenvalue weighted by atomic mass is 10.1. The molecule has 2 aromatic rings. The number of benzene rings is 2. The number of nitrogens with one attached hydrogen (secondary N) is 1. The maximum atomic E-state index is 13.6. The fraction of sp³-hybridized carbons (Fsp3) is 0.167. The number of hydrogen-bond acceptors (Lipinski definition) is 7. The van der Waals surface area contributed by atoms with E-state index in [9.17, 15) is 28.9 Å². The van der Waals surface area contributed by atoms with Crippen molar-refractivity contribution in [1.82, 2.24) is 0 Å². The van der Waals surface area contributed by atoms with Crippen molar-refractivity contribution < 1.29 is 33.2 Å². The summed E-state index contributed by atoms with van der Waals surface area (Å²) in [5, 5.41) is 13.3. The van der Waals surface area contributed by atoms with Gasteiger partial charge < -0.3 is 14.8 Å². The number of anilines is 1. The van der Waals surface area contributed by atoms with E-state index in [4.69, 9.17) is 4.74 Å². The number of carbonyl (C=O) groups is 3. The molecule has 0 aliphatic rings. The minimum Gasteiger partial charge on any atom is -0.465 e. The molecular formula is C18H15FN2O7. The van der Waals surface area contributed by atoms with Crippen LogP contribution in [0.1, 0.15) is 27.6 Å². The molecule has 0 radical (unpaired) electrons. The Morgan fingerprint density at radius 3 is 2.29 bits per heavy atom. The first kappa shape index (κ1) is 20.5. The average molecular weight is 390 g/mol. The van der Waals surface area contributed by atoms with E-state index < -0.39 is 40.4 Å². The average Bonchev–Trinajstić information content (AvgIpc) is 2.68. The Morgan fingerprint density at radius 1 is 1.11 bits per heavy atom. The molecule has 1 atom stereocenters. The van der Waals surface area contributed by atoms with Crippen LogP contribution in [0.5, 0.6) is 0 Å². The monoisotopic (exact) mass is 390 g/mol. The highest BCUT2D eigenvalue weighted by Crippen LogP contribution is 2.20. The summed E-state index contributed by atoms with van der Waals surface area (Å²) in [5.74, 6) is -3.44. The number of carbonyl (C=O) groups excluding carboxylic acids is 3. The number of amides is 1. The number of nitro groups is 1. The van der Waals surface area contributed by atoms with Crippen molar-refractivity contribution >= 4 is 29.2 Å². The highest BCUT2D eigenvalue weighted by atomic mass is 19.1. The molecule has 0 saturated heterocycles. The van der Waals surface area contributed by atoms with Crippen LogP contribution in [0.3, 0.4) is 0 Å². The molecule has 1 N–H and O–H groups in total. The number of para-hydroxylation sites is 1. The fourth-order valence-electron chi connectivity index (χ4n) is 2.15. The Morgan fingerprint density at radius 2 is 1.71 bits per heavy atom. The van der Waals surface area contributed by atoms with Gasteiger partial charge in [0.05, 0.1) is 28.8 Å². The van der Waals surface area contributed by atoms with Gasteiger partial charge in [-0.1, -0.05) is 12.1 Å². The van der Waals surface area contributed by atoms with Crippen LogP contribution in [0.25, 0.3) is 0 Å². The molecule has 146 valence electrons. The first-order valence-electron chi connectivity index (χ1n) is 7.87. The second kappa shape index (κ2) is 8.71. The predicted molar refractivity (Wildman–Crippen MR) is 94.3 cm³/mol. The Labute approximate surface area is 158 Å². The van der Waals surface area contributed by atoms with Gasteiger partial charge in [0.1, 0.15) is 5.82 Å². The topological polar surface area (TPSA) is 125 Å². The number of halogens is 1. The smallest absolute Gasteiger partial charge is 0.339 e. The van der Waals surface area contributed by atoms with Crippen molar-refractivity contribution in [2.45, 2.75) is 13.0 Å². The Balaban J connectivity index is 2.18. The summed E-state index contributed by atoms with van der Waals surface area (Å²) in [7, 11) is 1.08. The van der Waals surface area contributed by atoms with Crippen LogP contribution in [0, 0.1) is 15.9 Å². The van der Waals surface area contributed by atoms with Gasteiger partial charge in [-0.15, -0.1) is 0 Å². The summed E-state index contributed by atoms with van der Waals surface area (Å²) in [6, 6.07) is 8.30. The molecule has 9 nitrogen and oxygen atoms in total. The number of esters is 2. The molecule has 0 aliphatic heterocycles. The molecule has 0 aromatic heterocycles. The zero-order chi connectivity index (χ0) is 20.8. The highest BCUT2D eigenvalue weighted by Gasteiger charge is 2.23. The second-order valence-electron chi connectivity index (χ2n) is 5.53. The normalized spacial score (nSPS) is 11.2. The molecule has 0 aliphatic carbocycles. The van der Waals surface area contributed by atoms with Crippen molar-refractivity contribution in [3.8, 4) is 0 Å². The van der Waals surface area contributed by atoms with E-state index in [2.05, 4.69) is 10.1 Å². The van der Waals surface area contributed by atoms with Gasteiger partial charge in [0.25, 0.3) is 11.6 Å². The van der Waals surface area contributed by atoms with Gasteiger partial charge in [0.2, 0.25) is 0 Å². The lowest BCUT2D eigenvalue weighted by Crippen LogP contribution is -2.30. The minimum absolute atomic E-state index is 0.0984. The first-order chi connectivity index (χ1) is 13.2. The van der Waals surface area contributed by atoms with Gasteiger partial charge in [-0.05, 0) is 25.1 Å². The third-order valence-corrected chi connectivity index (χ3v) is 3.57. The summed E-state index contributed by atoms with van der Waals surface area (Å²) in [4.78, 5) is 46.2. The van der Waals surface area contributed by atoms with Crippen LogP contribution in [0.2, 0.25) is 0 Å². The lowest BCUT2D eigenvalue weighted by molar-refractivity contribution is -0.384. The zero-order valence-corrected chi connectivity index (χ0v) is 14.8. The second-order valence-corrected chi connectivity index (χ2v) is 5.53. The molecule has 10 heteroatoms. The molecule has 0 saturated carbocycles. The van der Waals surface area contributed by atoms with Gasteiger partial charge in [0.15, 0.2) is 6.10 Å². The van der Waals surface area contributed by atoms with Gasteiger partial charge in [-0.25, -0.2) is 14.0 Å². The van der Waals surface area contributed by atoms with Crippen LogP contribution in [-0.2, 0) is 14.3 Å². The van der Waals surface area contributed by atoms with E-state index in [-0.39, 0.29) is 16.8 Å². The minimum atomic E-state index is -1.34. The summed E-state index contributed by atoms with van der Waals surface area (Å²) < 4.78 is 23.0. The number of rotatable bonds is 6. The lowest BCUT2D eigenvalue weighted by Gasteiger charge is -2.14. The SMILES string of the molecule is COC(=O)c1cc(C(=O)O[C@@H](C)C(=O)Nc2ccccc2F)cc([N+](=O)[O-])c1. The number of hydrogen-bond donors (Lipinski definition) is 1. The molecule has 28 heavy (non-hydrogen) atoms. The van der Waals surface area contributed by atoms with E-state index in [0.29, 0.717) is 0 Å². The summed E-state index contributed by atoms with van der Waals surface area (Å²) >= 11 is 0. The largest absolute Gasteiger partial charge is 0.465 e. The number of ether oxygens (including phenoxy) is 2. The third-order valence-electron chi connectivity index (χ3n) is 3.57. The summed E-state index contributed by atoms with van der Waals surface area (Å²) in [5.41, 5.74) is -1.18. The molecule has 0 unspecified atom stereocenters. The molecule has 1 amide bonds. The quantitative estimate of drug-likeness (QED) is 0.457. The van der Waals surface area contributed by atoms with Gasteiger partial charge in [-0.2, -0.15) is 0 Å².